The minimum absolute atomic E-state index is 0.731. The van der Waals surface area contributed by atoms with Crippen LogP contribution < -0.4 is 11.2 Å². The SMILES string of the molecule is CCCCCCCCCCCCCCCCCCCCCCN(CCCCCCCCCCCCCCCCCCCCCC)NCCN. The molecule has 0 aromatic rings. The molecule has 0 bridgehead atoms. The van der Waals surface area contributed by atoms with E-state index in [9.17, 15) is 0 Å². The predicted octanol–water partition coefficient (Wildman–Crippen LogP) is 15.4. The van der Waals surface area contributed by atoms with Crippen LogP contribution in [0.5, 0.6) is 0 Å². The van der Waals surface area contributed by atoms with Crippen molar-refractivity contribution in [1.82, 2.24) is 10.4 Å². The van der Waals surface area contributed by atoms with Gasteiger partial charge in [0, 0.05) is 26.2 Å². The molecule has 0 aliphatic heterocycles. The van der Waals surface area contributed by atoms with Crippen LogP contribution in [0.2, 0.25) is 0 Å². The first kappa shape index (κ1) is 48.9. The maximum absolute atomic E-state index is 5.80. The topological polar surface area (TPSA) is 41.3 Å². The van der Waals surface area contributed by atoms with Crippen molar-refractivity contribution in [3.05, 3.63) is 0 Å². The fourth-order valence-electron chi connectivity index (χ4n) is 7.61. The summed E-state index contributed by atoms with van der Waals surface area (Å²) in [5.41, 5.74) is 9.40. The highest BCUT2D eigenvalue weighted by Gasteiger charge is 2.04. The summed E-state index contributed by atoms with van der Waals surface area (Å²) in [6, 6.07) is 0. The van der Waals surface area contributed by atoms with E-state index < -0.39 is 0 Å². The summed E-state index contributed by atoms with van der Waals surface area (Å²) in [4.78, 5) is 0. The zero-order chi connectivity index (χ0) is 35.4. The smallest absolute Gasteiger partial charge is 0.0225 e. The number of nitrogens with one attached hydrogen (secondary N) is 1. The fraction of sp³-hybridized carbons (Fsp3) is 1.00. The molecule has 296 valence electrons. The molecule has 0 saturated carbocycles. The van der Waals surface area contributed by atoms with Gasteiger partial charge in [-0.3, -0.25) is 5.43 Å². The first-order chi connectivity index (χ1) is 24.3. The van der Waals surface area contributed by atoms with Crippen LogP contribution in [0.3, 0.4) is 0 Å². The Balaban J connectivity index is 3.40. The Hall–Kier alpha value is -0.120. The minimum Gasteiger partial charge on any atom is -0.329 e. The third-order valence-electron chi connectivity index (χ3n) is 11.0. The lowest BCUT2D eigenvalue weighted by atomic mass is 10.0. The van der Waals surface area contributed by atoms with Crippen molar-refractivity contribution >= 4 is 0 Å². The summed E-state index contributed by atoms with van der Waals surface area (Å²) >= 11 is 0. The van der Waals surface area contributed by atoms with Crippen LogP contribution in [0.15, 0.2) is 0 Å². The molecule has 0 aliphatic carbocycles. The molecule has 0 amide bonds. The second-order valence-corrected chi connectivity index (χ2v) is 16.1. The normalized spacial score (nSPS) is 11.8. The molecular weight excluding hydrogens is 595 g/mol. The zero-order valence-electron chi connectivity index (χ0n) is 34.6. The van der Waals surface area contributed by atoms with Gasteiger partial charge < -0.3 is 5.73 Å². The summed E-state index contributed by atoms with van der Waals surface area (Å²) in [5.74, 6) is 0. The van der Waals surface area contributed by atoms with E-state index >= 15 is 0 Å². The van der Waals surface area contributed by atoms with Gasteiger partial charge in [0.15, 0.2) is 0 Å². The van der Waals surface area contributed by atoms with Crippen molar-refractivity contribution in [2.75, 3.05) is 26.2 Å². The quantitative estimate of drug-likeness (QED) is 0.0493. The number of hydrogen-bond donors (Lipinski definition) is 2. The first-order valence-corrected chi connectivity index (χ1v) is 23.5. The molecule has 0 aliphatic rings. The number of hydrogen-bond acceptors (Lipinski definition) is 3. The van der Waals surface area contributed by atoms with Gasteiger partial charge >= 0.3 is 0 Å². The summed E-state index contributed by atoms with van der Waals surface area (Å²) in [5, 5.41) is 2.48. The van der Waals surface area contributed by atoms with Crippen LogP contribution >= 0.6 is 0 Å². The molecule has 0 heterocycles. The molecule has 0 atom stereocenters. The molecule has 3 nitrogen and oxygen atoms in total. The van der Waals surface area contributed by atoms with Gasteiger partial charge in [0.25, 0.3) is 0 Å². The highest BCUT2D eigenvalue weighted by atomic mass is 15.5. The largest absolute Gasteiger partial charge is 0.329 e. The average molecular weight is 692 g/mol. The van der Waals surface area contributed by atoms with Crippen molar-refractivity contribution < 1.29 is 0 Å². The van der Waals surface area contributed by atoms with Crippen LogP contribution in [0.4, 0.5) is 0 Å². The fourth-order valence-corrected chi connectivity index (χ4v) is 7.61. The van der Waals surface area contributed by atoms with Gasteiger partial charge in [0.05, 0.1) is 0 Å². The molecule has 0 fully saturated rings. The van der Waals surface area contributed by atoms with Gasteiger partial charge in [-0.25, -0.2) is 5.01 Å². The summed E-state index contributed by atoms with van der Waals surface area (Å²) < 4.78 is 0. The monoisotopic (exact) mass is 692 g/mol. The van der Waals surface area contributed by atoms with E-state index in [0.29, 0.717) is 0 Å². The number of nitrogens with two attached hydrogens (primary N) is 1. The Kier molecular flexibility index (Phi) is 45.8. The van der Waals surface area contributed by atoms with Crippen molar-refractivity contribution in [2.24, 2.45) is 5.73 Å². The van der Waals surface area contributed by atoms with E-state index in [1.165, 1.54) is 270 Å². The summed E-state index contributed by atoms with van der Waals surface area (Å²) in [6.07, 6.45) is 58.0. The van der Waals surface area contributed by atoms with Crippen molar-refractivity contribution in [3.63, 3.8) is 0 Å². The van der Waals surface area contributed by atoms with E-state index in [2.05, 4.69) is 24.3 Å². The molecule has 0 radical (unpaired) electrons. The number of unbranched alkanes of at least 4 members (excludes halogenated alkanes) is 38. The molecule has 0 saturated heterocycles. The van der Waals surface area contributed by atoms with Crippen molar-refractivity contribution in [1.29, 1.82) is 0 Å². The molecule has 0 unspecified atom stereocenters. The van der Waals surface area contributed by atoms with Gasteiger partial charge in [0.2, 0.25) is 0 Å². The Morgan fingerprint density at radius 1 is 0.286 bits per heavy atom. The lowest BCUT2D eigenvalue weighted by Gasteiger charge is -2.23. The van der Waals surface area contributed by atoms with E-state index in [0.717, 1.165) is 13.1 Å². The predicted molar refractivity (Wildman–Crippen MR) is 225 cm³/mol. The summed E-state index contributed by atoms with van der Waals surface area (Å²) in [7, 11) is 0. The number of hydrazine groups is 1. The molecule has 0 aromatic carbocycles. The molecule has 0 rings (SSSR count). The highest BCUT2D eigenvalue weighted by molar-refractivity contribution is 4.58. The van der Waals surface area contributed by atoms with Crippen molar-refractivity contribution in [3.8, 4) is 0 Å². The third-order valence-corrected chi connectivity index (χ3v) is 11.0. The van der Waals surface area contributed by atoms with Crippen LogP contribution in [0.25, 0.3) is 0 Å². The zero-order valence-corrected chi connectivity index (χ0v) is 34.6. The maximum Gasteiger partial charge on any atom is 0.0225 e. The molecule has 0 spiro atoms. The van der Waals surface area contributed by atoms with E-state index in [-0.39, 0.29) is 0 Å². The number of rotatable bonds is 45. The maximum atomic E-state index is 5.80. The standard InChI is InChI=1S/C46H97N3/c1-3-5-7-9-11-13-15-17-19-21-23-25-27-29-31-33-35-37-39-41-45-49(48-44-43-47)46-42-40-38-36-34-32-30-28-26-24-22-20-18-16-14-12-10-8-6-4-2/h48H,3-47H2,1-2H3. The van der Waals surface area contributed by atoms with Crippen LogP contribution in [-0.4, -0.2) is 31.2 Å². The molecule has 0 aromatic heterocycles. The van der Waals surface area contributed by atoms with Crippen LogP contribution in [0, 0.1) is 0 Å². The Labute approximate surface area is 312 Å². The summed E-state index contributed by atoms with van der Waals surface area (Å²) in [6.45, 7) is 8.65. The number of nitrogens with zero attached hydrogens (tertiary/aromatic N) is 1. The van der Waals surface area contributed by atoms with Gasteiger partial charge in [0.1, 0.15) is 0 Å². The van der Waals surface area contributed by atoms with E-state index in [1.807, 2.05) is 0 Å². The van der Waals surface area contributed by atoms with Crippen LogP contribution in [0.1, 0.15) is 271 Å². The molecule has 49 heavy (non-hydrogen) atoms. The van der Waals surface area contributed by atoms with E-state index in [4.69, 9.17) is 5.73 Å². The van der Waals surface area contributed by atoms with Gasteiger partial charge in [-0.2, -0.15) is 0 Å². The Morgan fingerprint density at radius 2 is 0.469 bits per heavy atom. The molecular formula is C46H97N3. The highest BCUT2D eigenvalue weighted by Crippen LogP contribution is 2.17. The third kappa shape index (κ3) is 44.0. The Morgan fingerprint density at radius 3 is 0.653 bits per heavy atom. The average Bonchev–Trinajstić information content (AvgIpc) is 3.11. The van der Waals surface area contributed by atoms with Gasteiger partial charge in [-0.1, -0.05) is 258 Å². The lowest BCUT2D eigenvalue weighted by molar-refractivity contribution is 0.181. The van der Waals surface area contributed by atoms with Crippen molar-refractivity contribution in [2.45, 2.75) is 271 Å². The van der Waals surface area contributed by atoms with E-state index in [1.54, 1.807) is 0 Å². The van der Waals surface area contributed by atoms with Gasteiger partial charge in [-0.15, -0.1) is 0 Å². The second-order valence-electron chi connectivity index (χ2n) is 16.1. The molecule has 3 heteroatoms. The minimum atomic E-state index is 0.731. The second kappa shape index (κ2) is 45.9. The van der Waals surface area contributed by atoms with Gasteiger partial charge in [-0.05, 0) is 12.8 Å². The Bertz CT molecular complexity index is 508. The molecule has 3 N–H and O–H groups in total. The first-order valence-electron chi connectivity index (χ1n) is 23.5. The van der Waals surface area contributed by atoms with Crippen LogP contribution in [-0.2, 0) is 0 Å². The lowest BCUT2D eigenvalue weighted by Crippen LogP contribution is -2.42.